The number of H-pyrrole nitrogens is 1. The molecule has 0 aliphatic carbocycles. The van der Waals surface area contributed by atoms with E-state index in [9.17, 15) is 4.79 Å². The highest BCUT2D eigenvalue weighted by Crippen LogP contribution is 2.09. The minimum absolute atomic E-state index is 0.0693. The van der Waals surface area contributed by atoms with Gasteiger partial charge in [0, 0.05) is 18.8 Å². The van der Waals surface area contributed by atoms with Gasteiger partial charge in [0.1, 0.15) is 0 Å². The molecule has 0 radical (unpaired) electrons. The summed E-state index contributed by atoms with van der Waals surface area (Å²) in [7, 11) is 0. The molecule has 0 spiro atoms. The number of unbranched alkanes of at least 4 members (excludes halogenated alkanes) is 2. The molecule has 1 amide bonds. The molecule has 1 N–H and O–H groups in total. The quantitative estimate of drug-likeness (QED) is 0.753. The molecule has 1 rings (SSSR count). The molecule has 1 aromatic rings. The summed E-state index contributed by atoms with van der Waals surface area (Å²) in [6.07, 6.45) is 6.64. The largest absolute Gasteiger partial charge is 0.336 e. The van der Waals surface area contributed by atoms with Crippen molar-refractivity contribution < 1.29 is 4.79 Å². The molecule has 1 heterocycles. The zero-order valence-corrected chi connectivity index (χ0v) is 10.4. The van der Waals surface area contributed by atoms with Crippen molar-refractivity contribution >= 4 is 5.91 Å². The normalized spacial score (nSPS) is 10.8. The van der Waals surface area contributed by atoms with Crippen molar-refractivity contribution in [2.75, 3.05) is 6.54 Å². The van der Waals surface area contributed by atoms with Crippen LogP contribution in [0.15, 0.2) is 12.4 Å². The maximum Gasteiger partial charge on any atom is 0.257 e. The van der Waals surface area contributed by atoms with Crippen LogP contribution in [0, 0.1) is 0 Å². The van der Waals surface area contributed by atoms with Crippen molar-refractivity contribution in [1.29, 1.82) is 0 Å². The lowest BCUT2D eigenvalue weighted by atomic mass is 10.2. The van der Waals surface area contributed by atoms with Gasteiger partial charge in [0.25, 0.3) is 5.91 Å². The molecule has 0 saturated carbocycles. The fraction of sp³-hybridized carbons (Fsp3) is 0.667. The van der Waals surface area contributed by atoms with Crippen LogP contribution >= 0.6 is 0 Å². The van der Waals surface area contributed by atoms with E-state index in [4.69, 9.17) is 0 Å². The number of nitrogens with zero attached hydrogens (tertiary/aromatic N) is 2. The first-order valence-corrected chi connectivity index (χ1v) is 5.96. The molecule has 0 fully saturated rings. The molecule has 16 heavy (non-hydrogen) atoms. The Kier molecular flexibility index (Phi) is 5.02. The molecule has 0 unspecified atom stereocenters. The van der Waals surface area contributed by atoms with Crippen LogP contribution in [0.3, 0.4) is 0 Å². The van der Waals surface area contributed by atoms with Gasteiger partial charge in [-0.2, -0.15) is 5.10 Å². The molecule has 1 aromatic heterocycles. The lowest BCUT2D eigenvalue weighted by molar-refractivity contribution is 0.0702. The summed E-state index contributed by atoms with van der Waals surface area (Å²) in [5.74, 6) is 0.0693. The number of rotatable bonds is 6. The zero-order valence-electron chi connectivity index (χ0n) is 10.4. The average molecular weight is 223 g/mol. The maximum atomic E-state index is 12.1. The van der Waals surface area contributed by atoms with E-state index in [1.54, 1.807) is 12.4 Å². The van der Waals surface area contributed by atoms with E-state index >= 15 is 0 Å². The number of carbonyl (C=O) groups excluding carboxylic acids is 1. The molecule has 0 aromatic carbocycles. The SMILES string of the molecule is CCCCCN(C(=O)c1cn[nH]c1)C(C)C. The van der Waals surface area contributed by atoms with E-state index < -0.39 is 0 Å². The van der Waals surface area contributed by atoms with Gasteiger partial charge in [0.15, 0.2) is 0 Å². The summed E-state index contributed by atoms with van der Waals surface area (Å²) in [4.78, 5) is 14.0. The van der Waals surface area contributed by atoms with E-state index in [1.807, 2.05) is 18.7 Å². The fourth-order valence-electron chi connectivity index (χ4n) is 1.66. The number of aromatic amines is 1. The number of hydrogen-bond acceptors (Lipinski definition) is 2. The number of aromatic nitrogens is 2. The lowest BCUT2D eigenvalue weighted by Crippen LogP contribution is -2.37. The van der Waals surface area contributed by atoms with Crippen molar-refractivity contribution in [1.82, 2.24) is 15.1 Å². The van der Waals surface area contributed by atoms with Crippen LogP contribution in [0.2, 0.25) is 0 Å². The third-order valence-electron chi connectivity index (χ3n) is 2.63. The zero-order chi connectivity index (χ0) is 12.0. The number of hydrogen-bond donors (Lipinski definition) is 1. The van der Waals surface area contributed by atoms with Gasteiger partial charge >= 0.3 is 0 Å². The first kappa shape index (κ1) is 12.7. The second-order valence-electron chi connectivity index (χ2n) is 4.29. The molecule has 0 atom stereocenters. The van der Waals surface area contributed by atoms with Gasteiger partial charge < -0.3 is 4.90 Å². The standard InChI is InChI=1S/C12H21N3O/c1-4-5-6-7-15(10(2)3)12(16)11-8-13-14-9-11/h8-10H,4-7H2,1-3H3,(H,13,14). The molecule has 90 valence electrons. The van der Waals surface area contributed by atoms with Gasteiger partial charge in [-0.3, -0.25) is 9.89 Å². The second-order valence-corrected chi connectivity index (χ2v) is 4.29. The molecular formula is C12H21N3O. The molecule has 4 heteroatoms. The molecule has 0 saturated heterocycles. The van der Waals surface area contributed by atoms with Crippen molar-refractivity contribution in [3.8, 4) is 0 Å². The predicted octanol–water partition coefficient (Wildman–Crippen LogP) is 2.45. The number of amides is 1. The van der Waals surface area contributed by atoms with Crippen LogP contribution in [0.1, 0.15) is 50.4 Å². The highest BCUT2D eigenvalue weighted by molar-refractivity contribution is 5.93. The van der Waals surface area contributed by atoms with Crippen molar-refractivity contribution in [2.45, 2.75) is 46.1 Å². The molecule has 0 bridgehead atoms. The third-order valence-corrected chi connectivity index (χ3v) is 2.63. The summed E-state index contributed by atoms with van der Waals surface area (Å²) < 4.78 is 0. The lowest BCUT2D eigenvalue weighted by Gasteiger charge is -2.26. The van der Waals surface area contributed by atoms with E-state index in [0.29, 0.717) is 5.56 Å². The Morgan fingerprint density at radius 3 is 2.75 bits per heavy atom. The summed E-state index contributed by atoms with van der Waals surface area (Å²) in [5.41, 5.74) is 0.644. The van der Waals surface area contributed by atoms with Crippen molar-refractivity contribution in [2.24, 2.45) is 0 Å². The highest BCUT2D eigenvalue weighted by atomic mass is 16.2. The van der Waals surface area contributed by atoms with Crippen molar-refractivity contribution in [3.05, 3.63) is 18.0 Å². The van der Waals surface area contributed by atoms with Crippen LogP contribution in [0.4, 0.5) is 0 Å². The predicted molar refractivity (Wildman–Crippen MR) is 64.3 cm³/mol. The number of nitrogens with one attached hydrogen (secondary N) is 1. The topological polar surface area (TPSA) is 49.0 Å². The first-order valence-electron chi connectivity index (χ1n) is 5.96. The minimum Gasteiger partial charge on any atom is -0.336 e. The van der Waals surface area contributed by atoms with E-state index in [2.05, 4.69) is 17.1 Å². The maximum absolute atomic E-state index is 12.1. The van der Waals surface area contributed by atoms with Gasteiger partial charge in [0.2, 0.25) is 0 Å². The molecule has 0 aliphatic heterocycles. The van der Waals surface area contributed by atoms with Crippen molar-refractivity contribution in [3.63, 3.8) is 0 Å². The van der Waals surface area contributed by atoms with Crippen LogP contribution in [0.25, 0.3) is 0 Å². The summed E-state index contributed by atoms with van der Waals surface area (Å²) in [6, 6.07) is 0.235. The van der Waals surface area contributed by atoms with Gasteiger partial charge in [-0.15, -0.1) is 0 Å². The Hall–Kier alpha value is -1.32. The van der Waals surface area contributed by atoms with Crippen LogP contribution in [-0.4, -0.2) is 33.6 Å². The Bertz CT molecular complexity index is 306. The van der Waals surface area contributed by atoms with Crippen LogP contribution in [0.5, 0.6) is 0 Å². The van der Waals surface area contributed by atoms with Crippen LogP contribution < -0.4 is 0 Å². The summed E-state index contributed by atoms with van der Waals surface area (Å²) in [6.45, 7) is 7.08. The second kappa shape index (κ2) is 6.30. The van der Waals surface area contributed by atoms with Gasteiger partial charge in [-0.05, 0) is 20.3 Å². The smallest absolute Gasteiger partial charge is 0.257 e. The van der Waals surface area contributed by atoms with Gasteiger partial charge in [0.05, 0.1) is 11.8 Å². The average Bonchev–Trinajstić information content (AvgIpc) is 2.76. The molecule has 0 aliphatic rings. The molecular weight excluding hydrogens is 202 g/mol. The highest BCUT2D eigenvalue weighted by Gasteiger charge is 2.18. The monoisotopic (exact) mass is 223 g/mol. The molecule has 4 nitrogen and oxygen atoms in total. The third kappa shape index (κ3) is 3.36. The van der Waals surface area contributed by atoms with Gasteiger partial charge in [-0.1, -0.05) is 19.8 Å². The number of carbonyl (C=O) groups is 1. The van der Waals surface area contributed by atoms with E-state index in [0.717, 1.165) is 13.0 Å². The van der Waals surface area contributed by atoms with E-state index in [-0.39, 0.29) is 11.9 Å². The Balaban J connectivity index is 2.59. The fourth-order valence-corrected chi connectivity index (χ4v) is 1.66. The Labute approximate surface area is 97.0 Å². The first-order chi connectivity index (χ1) is 7.66. The van der Waals surface area contributed by atoms with Gasteiger partial charge in [-0.25, -0.2) is 0 Å². The summed E-state index contributed by atoms with van der Waals surface area (Å²) >= 11 is 0. The van der Waals surface area contributed by atoms with Crippen LogP contribution in [-0.2, 0) is 0 Å². The summed E-state index contributed by atoms with van der Waals surface area (Å²) in [5, 5.41) is 6.48. The Morgan fingerprint density at radius 1 is 1.50 bits per heavy atom. The van der Waals surface area contributed by atoms with E-state index in [1.165, 1.54) is 12.8 Å². The Morgan fingerprint density at radius 2 is 2.25 bits per heavy atom. The minimum atomic E-state index is 0.0693.